The van der Waals surface area contributed by atoms with E-state index in [2.05, 4.69) is 17.4 Å². The van der Waals surface area contributed by atoms with E-state index in [4.69, 9.17) is 28.8 Å². The van der Waals surface area contributed by atoms with Gasteiger partial charge >= 0.3 is 0 Å². The van der Waals surface area contributed by atoms with Crippen molar-refractivity contribution in [3.8, 4) is 28.5 Å². The molecule has 0 spiro atoms. The number of nitrogens with one attached hydrogen (secondary N) is 1. The maximum absolute atomic E-state index is 6.19. The third kappa shape index (κ3) is 5.86. The Morgan fingerprint density at radius 3 is 2.70 bits per heavy atom. The summed E-state index contributed by atoms with van der Waals surface area (Å²) >= 11 is 0. The zero-order chi connectivity index (χ0) is 25.6. The van der Waals surface area contributed by atoms with Gasteiger partial charge in [-0.2, -0.15) is 5.10 Å². The Morgan fingerprint density at radius 1 is 1.03 bits per heavy atom. The van der Waals surface area contributed by atoms with Gasteiger partial charge in [-0.25, -0.2) is 0 Å². The number of hydrogen-bond acceptors (Lipinski definition) is 7. The van der Waals surface area contributed by atoms with Crippen LogP contribution in [0.15, 0.2) is 36.4 Å². The smallest absolute Gasteiger partial charge is 0.161 e. The summed E-state index contributed by atoms with van der Waals surface area (Å²) in [4.78, 5) is 0. The minimum absolute atomic E-state index is 0.0690. The molecule has 3 aromatic rings. The molecule has 37 heavy (non-hydrogen) atoms. The number of hydrogen-bond donors (Lipinski definition) is 1. The quantitative estimate of drug-likeness (QED) is 0.241. The van der Waals surface area contributed by atoms with Gasteiger partial charge in [0, 0.05) is 49.4 Å². The lowest BCUT2D eigenvalue weighted by atomic mass is 10.1. The summed E-state index contributed by atoms with van der Waals surface area (Å²) in [5.41, 5.74) is 5.56. The van der Waals surface area contributed by atoms with Gasteiger partial charge in [0.1, 0.15) is 5.75 Å². The van der Waals surface area contributed by atoms with Crippen molar-refractivity contribution in [1.29, 1.82) is 0 Å². The number of aryl methyl sites for hydroxylation is 1. The van der Waals surface area contributed by atoms with E-state index in [0.29, 0.717) is 26.4 Å². The highest BCUT2D eigenvalue weighted by atomic mass is 16.7. The lowest BCUT2D eigenvalue weighted by molar-refractivity contribution is -0.163. The zero-order valence-corrected chi connectivity index (χ0v) is 22.0. The van der Waals surface area contributed by atoms with Crippen molar-refractivity contribution in [2.24, 2.45) is 7.05 Å². The van der Waals surface area contributed by atoms with Crippen LogP contribution >= 0.6 is 0 Å². The van der Waals surface area contributed by atoms with Gasteiger partial charge in [-0.15, -0.1) is 0 Å². The summed E-state index contributed by atoms with van der Waals surface area (Å²) in [6.07, 6.45) is 4.76. The van der Waals surface area contributed by atoms with Crippen LogP contribution in [0, 0.1) is 0 Å². The molecule has 1 fully saturated rings. The molecule has 0 saturated carbocycles. The molecule has 1 aliphatic carbocycles. The molecule has 8 nitrogen and oxygen atoms in total. The first-order chi connectivity index (χ1) is 18.2. The predicted molar refractivity (Wildman–Crippen MR) is 143 cm³/mol. The van der Waals surface area contributed by atoms with Crippen LogP contribution in [0.4, 0.5) is 11.5 Å². The minimum Gasteiger partial charge on any atom is -0.494 e. The second kappa shape index (κ2) is 11.9. The van der Waals surface area contributed by atoms with E-state index in [1.165, 1.54) is 17.5 Å². The number of rotatable bonds is 12. The molecular formula is C29H37N3O5. The molecule has 2 aromatic carbocycles. The Morgan fingerprint density at radius 2 is 1.89 bits per heavy atom. The van der Waals surface area contributed by atoms with Crippen molar-refractivity contribution < 1.29 is 23.7 Å². The van der Waals surface area contributed by atoms with E-state index in [9.17, 15) is 0 Å². The minimum atomic E-state index is -0.0690. The highest BCUT2D eigenvalue weighted by Gasteiger charge is 2.29. The maximum Gasteiger partial charge on any atom is 0.161 e. The Hall–Kier alpha value is -3.23. The second-order valence-electron chi connectivity index (χ2n) is 9.32. The summed E-state index contributed by atoms with van der Waals surface area (Å²) in [7, 11) is 1.98. The van der Waals surface area contributed by atoms with Crippen LogP contribution in [0.3, 0.4) is 0 Å². The van der Waals surface area contributed by atoms with Gasteiger partial charge in [-0.3, -0.25) is 4.68 Å². The zero-order valence-electron chi connectivity index (χ0n) is 22.0. The SMILES string of the molecule is CCOc1cccc(Nc2nn(C)c3c2Cc2cc(OCC)c(OCCCOC4CCCCO4)cc2-3)c1. The van der Waals surface area contributed by atoms with Crippen molar-refractivity contribution in [2.75, 3.05) is 38.4 Å². The fourth-order valence-electron chi connectivity index (χ4n) is 4.98. The third-order valence-electron chi connectivity index (χ3n) is 6.63. The van der Waals surface area contributed by atoms with Crippen LogP contribution in [0.5, 0.6) is 17.2 Å². The van der Waals surface area contributed by atoms with Crippen LogP contribution in [-0.4, -0.2) is 49.1 Å². The maximum atomic E-state index is 6.19. The molecule has 1 unspecified atom stereocenters. The molecule has 1 atom stereocenters. The van der Waals surface area contributed by atoms with E-state index >= 15 is 0 Å². The summed E-state index contributed by atoms with van der Waals surface area (Å²) < 4.78 is 31.2. The summed E-state index contributed by atoms with van der Waals surface area (Å²) in [5, 5.41) is 8.28. The lowest BCUT2D eigenvalue weighted by Crippen LogP contribution is -2.23. The van der Waals surface area contributed by atoms with Crippen molar-refractivity contribution in [1.82, 2.24) is 9.78 Å². The van der Waals surface area contributed by atoms with Gasteiger partial charge in [0.05, 0.1) is 32.1 Å². The van der Waals surface area contributed by atoms with Gasteiger partial charge in [0.2, 0.25) is 0 Å². The molecule has 2 aliphatic rings. The number of ether oxygens (including phenoxy) is 5. The normalized spacial score (nSPS) is 16.2. The topological polar surface area (TPSA) is 76.0 Å². The van der Waals surface area contributed by atoms with Gasteiger partial charge in [0.25, 0.3) is 0 Å². The highest BCUT2D eigenvalue weighted by Crippen LogP contribution is 2.45. The van der Waals surface area contributed by atoms with Crippen LogP contribution in [-0.2, 0) is 22.9 Å². The molecule has 1 saturated heterocycles. The first-order valence-electron chi connectivity index (χ1n) is 13.4. The number of nitrogens with zero attached hydrogens (tertiary/aromatic N) is 2. The molecule has 0 bridgehead atoms. The Labute approximate surface area is 218 Å². The number of anilines is 2. The van der Waals surface area contributed by atoms with Gasteiger partial charge in [-0.1, -0.05) is 6.07 Å². The van der Waals surface area contributed by atoms with Crippen molar-refractivity contribution >= 4 is 11.5 Å². The second-order valence-corrected chi connectivity index (χ2v) is 9.32. The van der Waals surface area contributed by atoms with Crippen molar-refractivity contribution in [3.05, 3.63) is 47.5 Å². The number of aromatic nitrogens is 2. The average Bonchev–Trinajstić information content (AvgIpc) is 3.42. The molecule has 8 heteroatoms. The highest BCUT2D eigenvalue weighted by molar-refractivity contribution is 5.82. The van der Waals surface area contributed by atoms with Gasteiger partial charge in [0.15, 0.2) is 23.6 Å². The molecular weight excluding hydrogens is 470 g/mol. The Bertz CT molecular complexity index is 1200. The predicted octanol–water partition coefficient (Wildman–Crippen LogP) is 5.84. The summed E-state index contributed by atoms with van der Waals surface area (Å²) in [5.74, 6) is 3.22. The molecule has 0 amide bonds. The summed E-state index contributed by atoms with van der Waals surface area (Å²) in [6, 6.07) is 12.2. The van der Waals surface area contributed by atoms with Gasteiger partial charge in [-0.05, 0) is 62.9 Å². The fourth-order valence-corrected chi connectivity index (χ4v) is 4.98. The van der Waals surface area contributed by atoms with Crippen LogP contribution < -0.4 is 19.5 Å². The van der Waals surface area contributed by atoms with E-state index in [1.54, 1.807) is 0 Å². The van der Waals surface area contributed by atoms with Gasteiger partial charge < -0.3 is 29.0 Å². The molecule has 0 radical (unpaired) electrons. The Balaban J connectivity index is 1.29. The first-order valence-corrected chi connectivity index (χ1v) is 13.4. The van der Waals surface area contributed by atoms with E-state index in [-0.39, 0.29) is 6.29 Å². The summed E-state index contributed by atoms with van der Waals surface area (Å²) in [6.45, 7) is 7.14. The molecule has 2 heterocycles. The van der Waals surface area contributed by atoms with Crippen LogP contribution in [0.2, 0.25) is 0 Å². The molecule has 1 aromatic heterocycles. The van der Waals surface area contributed by atoms with Crippen LogP contribution in [0.25, 0.3) is 11.3 Å². The van der Waals surface area contributed by atoms with E-state index in [1.807, 2.05) is 49.8 Å². The molecule has 1 N–H and O–H groups in total. The number of fused-ring (bicyclic) bond motifs is 3. The van der Waals surface area contributed by atoms with Crippen molar-refractivity contribution in [2.45, 2.75) is 52.2 Å². The van der Waals surface area contributed by atoms with E-state index < -0.39 is 0 Å². The molecule has 198 valence electrons. The number of benzene rings is 2. The molecule has 5 rings (SSSR count). The standard InChI is InChI=1S/C29H37N3O5/c1-4-33-22-11-8-10-21(18-22)30-29-24-16-20-17-25(34-5-2)26(19-23(20)28(24)32(3)31-29)35-14-9-15-37-27-12-6-7-13-36-27/h8,10-11,17-19,27H,4-7,9,12-16H2,1-3H3,(H,30,31). The first kappa shape index (κ1) is 25.4. The lowest BCUT2D eigenvalue weighted by Gasteiger charge is -2.22. The fraction of sp³-hybridized carbons (Fsp3) is 0.483. The van der Waals surface area contributed by atoms with E-state index in [0.717, 1.165) is 72.3 Å². The average molecular weight is 508 g/mol. The monoisotopic (exact) mass is 507 g/mol. The largest absolute Gasteiger partial charge is 0.494 e. The Kier molecular flexibility index (Phi) is 8.16. The third-order valence-corrected chi connectivity index (χ3v) is 6.63. The molecule has 1 aliphatic heterocycles. The van der Waals surface area contributed by atoms with Crippen LogP contribution in [0.1, 0.15) is 50.7 Å². The van der Waals surface area contributed by atoms with Crippen molar-refractivity contribution in [3.63, 3.8) is 0 Å².